The number of rotatable bonds is 0. The fourth-order valence-electron chi connectivity index (χ4n) is 1.19. The van der Waals surface area contributed by atoms with E-state index in [2.05, 4.69) is 12.2 Å². The van der Waals surface area contributed by atoms with Gasteiger partial charge < -0.3 is 5.73 Å². The summed E-state index contributed by atoms with van der Waals surface area (Å²) in [5, 5.41) is 0. The maximum absolute atomic E-state index is 5.72. The van der Waals surface area contributed by atoms with Crippen molar-refractivity contribution in [1.29, 1.82) is 0 Å². The fraction of sp³-hybridized carbons (Fsp3) is 0.750. The zero-order valence-electron chi connectivity index (χ0n) is 5.84. The molecule has 1 atom stereocenters. The third-order valence-corrected chi connectivity index (χ3v) is 1.79. The fourth-order valence-corrected chi connectivity index (χ4v) is 1.19. The molecule has 0 unspecified atom stereocenters. The van der Waals surface area contributed by atoms with Crippen molar-refractivity contribution in [2.24, 2.45) is 5.73 Å². The maximum Gasteiger partial charge on any atom is 0.0223 e. The summed E-state index contributed by atoms with van der Waals surface area (Å²) in [6.45, 7) is 0. The lowest BCUT2D eigenvalue weighted by Gasteiger charge is -2.08. The summed E-state index contributed by atoms with van der Waals surface area (Å²) in [6.07, 6.45) is 10.8. The van der Waals surface area contributed by atoms with Crippen LogP contribution in [0.1, 0.15) is 32.1 Å². The van der Waals surface area contributed by atoms with E-state index in [9.17, 15) is 0 Å². The normalized spacial score (nSPS) is 32.8. The molecule has 0 radical (unpaired) electrons. The second kappa shape index (κ2) is 3.67. The Labute approximate surface area is 56.9 Å². The number of nitrogens with two attached hydrogens (primary N) is 1. The van der Waals surface area contributed by atoms with Gasteiger partial charge in [-0.3, -0.25) is 0 Å². The lowest BCUT2D eigenvalue weighted by atomic mass is 10.0. The van der Waals surface area contributed by atoms with Gasteiger partial charge in [0.15, 0.2) is 0 Å². The molecule has 0 bridgehead atoms. The van der Waals surface area contributed by atoms with Crippen molar-refractivity contribution in [2.75, 3.05) is 0 Å². The first-order valence-electron chi connectivity index (χ1n) is 3.82. The SMILES string of the molecule is N[C@H]1/C=C/CCCCC1. The summed E-state index contributed by atoms with van der Waals surface area (Å²) >= 11 is 0. The highest BCUT2D eigenvalue weighted by Gasteiger charge is 1.98. The van der Waals surface area contributed by atoms with Crippen molar-refractivity contribution in [1.82, 2.24) is 0 Å². The molecule has 1 aliphatic carbocycles. The highest BCUT2D eigenvalue weighted by molar-refractivity contribution is 4.92. The minimum atomic E-state index is 0.338. The Bertz CT molecular complexity index is 96.7. The van der Waals surface area contributed by atoms with Crippen molar-refractivity contribution >= 4 is 0 Å². The Morgan fingerprint density at radius 3 is 3.00 bits per heavy atom. The van der Waals surface area contributed by atoms with Crippen LogP contribution in [0.4, 0.5) is 0 Å². The van der Waals surface area contributed by atoms with Crippen LogP contribution >= 0.6 is 0 Å². The topological polar surface area (TPSA) is 26.0 Å². The second-order valence-corrected chi connectivity index (χ2v) is 2.73. The molecule has 0 aliphatic heterocycles. The maximum atomic E-state index is 5.72. The summed E-state index contributed by atoms with van der Waals surface area (Å²) in [5.41, 5.74) is 5.72. The van der Waals surface area contributed by atoms with E-state index in [4.69, 9.17) is 5.73 Å². The summed E-state index contributed by atoms with van der Waals surface area (Å²) in [5.74, 6) is 0. The quantitative estimate of drug-likeness (QED) is 0.491. The Kier molecular flexibility index (Phi) is 2.78. The van der Waals surface area contributed by atoms with Gasteiger partial charge in [0.2, 0.25) is 0 Å². The lowest BCUT2D eigenvalue weighted by Crippen LogP contribution is -2.16. The Hall–Kier alpha value is -0.300. The molecule has 0 heterocycles. The minimum absolute atomic E-state index is 0.338. The molecule has 2 N–H and O–H groups in total. The molecular weight excluding hydrogens is 110 g/mol. The Morgan fingerprint density at radius 2 is 2.11 bits per heavy atom. The molecule has 9 heavy (non-hydrogen) atoms. The average molecular weight is 125 g/mol. The monoisotopic (exact) mass is 125 g/mol. The Morgan fingerprint density at radius 1 is 1.22 bits per heavy atom. The zero-order valence-corrected chi connectivity index (χ0v) is 5.84. The Balaban J connectivity index is 2.30. The van der Waals surface area contributed by atoms with E-state index in [0.29, 0.717) is 6.04 Å². The first kappa shape index (κ1) is 6.81. The van der Waals surface area contributed by atoms with Gasteiger partial charge in [0.05, 0.1) is 0 Å². The molecule has 0 aromatic rings. The van der Waals surface area contributed by atoms with E-state index in [-0.39, 0.29) is 0 Å². The molecule has 1 rings (SSSR count). The molecule has 0 amide bonds. The van der Waals surface area contributed by atoms with Gasteiger partial charge in [-0.2, -0.15) is 0 Å². The number of hydrogen-bond donors (Lipinski definition) is 1. The van der Waals surface area contributed by atoms with Crippen molar-refractivity contribution < 1.29 is 0 Å². The van der Waals surface area contributed by atoms with Gasteiger partial charge in [-0.1, -0.05) is 25.0 Å². The summed E-state index contributed by atoms with van der Waals surface area (Å²) in [4.78, 5) is 0. The first-order valence-corrected chi connectivity index (χ1v) is 3.82. The third-order valence-electron chi connectivity index (χ3n) is 1.79. The minimum Gasteiger partial charge on any atom is -0.324 e. The van der Waals surface area contributed by atoms with Crippen molar-refractivity contribution in [3.8, 4) is 0 Å². The largest absolute Gasteiger partial charge is 0.324 e. The molecule has 0 saturated heterocycles. The van der Waals surface area contributed by atoms with Crippen LogP contribution in [0, 0.1) is 0 Å². The molecule has 1 heteroatoms. The second-order valence-electron chi connectivity index (χ2n) is 2.73. The molecule has 1 aliphatic rings. The molecule has 0 fully saturated rings. The molecule has 0 spiro atoms. The van der Waals surface area contributed by atoms with Crippen LogP contribution in [-0.2, 0) is 0 Å². The van der Waals surface area contributed by atoms with Gasteiger partial charge in [0, 0.05) is 6.04 Å². The van der Waals surface area contributed by atoms with E-state index in [1.165, 1.54) is 32.1 Å². The van der Waals surface area contributed by atoms with Crippen molar-refractivity contribution in [2.45, 2.75) is 38.1 Å². The van der Waals surface area contributed by atoms with Gasteiger partial charge in [-0.25, -0.2) is 0 Å². The van der Waals surface area contributed by atoms with Crippen LogP contribution < -0.4 is 5.73 Å². The smallest absolute Gasteiger partial charge is 0.0223 e. The number of hydrogen-bond acceptors (Lipinski definition) is 1. The summed E-state index contributed by atoms with van der Waals surface area (Å²) in [7, 11) is 0. The van der Waals surface area contributed by atoms with E-state index in [1.54, 1.807) is 0 Å². The summed E-state index contributed by atoms with van der Waals surface area (Å²) < 4.78 is 0. The van der Waals surface area contributed by atoms with E-state index in [0.717, 1.165) is 0 Å². The van der Waals surface area contributed by atoms with Gasteiger partial charge in [-0.05, 0) is 19.3 Å². The van der Waals surface area contributed by atoms with Gasteiger partial charge in [0.25, 0.3) is 0 Å². The molecule has 1 nitrogen and oxygen atoms in total. The van der Waals surface area contributed by atoms with Crippen LogP contribution in [0.2, 0.25) is 0 Å². The molecule has 0 saturated carbocycles. The molecule has 52 valence electrons. The van der Waals surface area contributed by atoms with Crippen LogP contribution in [0.25, 0.3) is 0 Å². The van der Waals surface area contributed by atoms with Crippen molar-refractivity contribution in [3.05, 3.63) is 12.2 Å². The average Bonchev–Trinajstić information content (AvgIpc) is 1.79. The van der Waals surface area contributed by atoms with Crippen LogP contribution in [0.5, 0.6) is 0 Å². The van der Waals surface area contributed by atoms with E-state index in [1.807, 2.05) is 0 Å². The van der Waals surface area contributed by atoms with E-state index >= 15 is 0 Å². The third kappa shape index (κ3) is 2.66. The highest BCUT2D eigenvalue weighted by Crippen LogP contribution is 2.09. The summed E-state index contributed by atoms with van der Waals surface area (Å²) in [6, 6.07) is 0.338. The van der Waals surface area contributed by atoms with Crippen molar-refractivity contribution in [3.63, 3.8) is 0 Å². The number of allylic oxidation sites excluding steroid dienone is 1. The van der Waals surface area contributed by atoms with Gasteiger partial charge in [0.1, 0.15) is 0 Å². The zero-order chi connectivity index (χ0) is 6.53. The van der Waals surface area contributed by atoms with Gasteiger partial charge in [-0.15, -0.1) is 0 Å². The molecule has 0 aromatic heterocycles. The first-order chi connectivity index (χ1) is 4.39. The predicted molar refractivity (Wildman–Crippen MR) is 40.2 cm³/mol. The highest BCUT2D eigenvalue weighted by atomic mass is 14.6. The molecule has 0 aromatic carbocycles. The molecular formula is C8H15N. The van der Waals surface area contributed by atoms with Crippen LogP contribution in [0.15, 0.2) is 12.2 Å². The standard InChI is InChI=1S/C8H15N/c9-8-6-4-2-1-3-5-7-8/h4,6,8H,1-3,5,7,9H2/b6-4+/t8-/m0/s1. The predicted octanol–water partition coefficient (Wildman–Crippen LogP) is 1.83. The van der Waals surface area contributed by atoms with Gasteiger partial charge >= 0.3 is 0 Å². The van der Waals surface area contributed by atoms with Crippen LogP contribution in [0.3, 0.4) is 0 Å². The van der Waals surface area contributed by atoms with Crippen LogP contribution in [-0.4, -0.2) is 6.04 Å². The van der Waals surface area contributed by atoms with E-state index < -0.39 is 0 Å². The lowest BCUT2D eigenvalue weighted by molar-refractivity contribution is 0.593.